The number of carbonyl (C=O) groups is 2. The quantitative estimate of drug-likeness (QED) is 0.0321. The van der Waals surface area contributed by atoms with Crippen LogP contribution in [0.4, 0.5) is 0 Å². The fourth-order valence-electron chi connectivity index (χ4n) is 7.75. The van der Waals surface area contributed by atoms with E-state index >= 15 is 0 Å². The highest BCUT2D eigenvalue weighted by Crippen LogP contribution is 2.16. The Bertz CT molecular complexity index is 1310. The third kappa shape index (κ3) is 47.3. The van der Waals surface area contributed by atoms with E-state index in [-0.39, 0.29) is 24.9 Å². The van der Waals surface area contributed by atoms with Crippen LogP contribution in [0.2, 0.25) is 0 Å². The molecule has 0 aliphatic carbocycles. The summed E-state index contributed by atoms with van der Waals surface area (Å²) in [5.74, 6) is -0.598. The smallest absolute Gasteiger partial charge is 0.306 e. The average molecular weight is 918 g/mol. The van der Waals surface area contributed by atoms with Gasteiger partial charge in [0.05, 0.1) is 25.2 Å². The zero-order chi connectivity index (χ0) is 48.1. The third-order valence-corrected chi connectivity index (χ3v) is 11.9. The summed E-state index contributed by atoms with van der Waals surface area (Å²) in [4.78, 5) is 26.2. The summed E-state index contributed by atoms with van der Waals surface area (Å²) in [5, 5.41) is 23.8. The zero-order valence-electron chi connectivity index (χ0n) is 43.0. The van der Waals surface area contributed by atoms with Crippen LogP contribution >= 0.6 is 0 Å². The summed E-state index contributed by atoms with van der Waals surface area (Å²) in [6.45, 7) is 6.31. The summed E-state index contributed by atoms with van der Waals surface area (Å²) in [6.07, 6.45) is 70.5. The molecule has 0 rings (SSSR count). The molecule has 6 heteroatoms. The van der Waals surface area contributed by atoms with Gasteiger partial charge in [-0.3, -0.25) is 9.59 Å². The molecule has 0 aromatic heterocycles. The Labute approximate surface area is 407 Å². The number of carbonyl (C=O) groups excluding carboxylic acids is 2. The number of hydrogen-bond acceptors (Lipinski definition) is 5. The minimum atomic E-state index is -0.820. The summed E-state index contributed by atoms with van der Waals surface area (Å²) in [6, 6.07) is -0.740. The number of aliphatic hydroxyl groups is 2. The van der Waals surface area contributed by atoms with E-state index < -0.39 is 18.2 Å². The normalized spacial score (nSPS) is 14.0. The van der Waals surface area contributed by atoms with Gasteiger partial charge in [0.1, 0.15) is 6.10 Å². The van der Waals surface area contributed by atoms with Crippen molar-refractivity contribution >= 4 is 11.9 Å². The van der Waals surface area contributed by atoms with Crippen LogP contribution in [0.1, 0.15) is 245 Å². The molecule has 0 aliphatic rings. The van der Waals surface area contributed by atoms with E-state index in [9.17, 15) is 19.8 Å². The molecule has 66 heavy (non-hydrogen) atoms. The first-order valence-electron chi connectivity index (χ1n) is 27.5. The third-order valence-electron chi connectivity index (χ3n) is 11.9. The highest BCUT2D eigenvalue weighted by molar-refractivity contribution is 5.77. The van der Waals surface area contributed by atoms with E-state index in [0.717, 1.165) is 96.3 Å². The number of esters is 1. The Morgan fingerprint density at radius 1 is 0.470 bits per heavy atom. The van der Waals surface area contributed by atoms with Gasteiger partial charge in [0.15, 0.2) is 0 Å². The van der Waals surface area contributed by atoms with Gasteiger partial charge >= 0.3 is 5.97 Å². The number of unbranched alkanes of at least 4 members (excludes halogenated alkanes) is 21. The van der Waals surface area contributed by atoms with Gasteiger partial charge in [0, 0.05) is 12.8 Å². The first-order chi connectivity index (χ1) is 32.5. The fraction of sp³-hybridized carbons (Fsp3) is 0.700. The van der Waals surface area contributed by atoms with Gasteiger partial charge in [0.2, 0.25) is 5.91 Å². The van der Waals surface area contributed by atoms with Crippen LogP contribution in [0.15, 0.2) is 97.2 Å². The Kier molecular flexibility index (Phi) is 50.2. The molecular weight excluding hydrogens is 815 g/mol. The van der Waals surface area contributed by atoms with Crippen molar-refractivity contribution < 1.29 is 24.5 Å². The van der Waals surface area contributed by atoms with E-state index in [1.54, 1.807) is 0 Å². The molecule has 6 nitrogen and oxygen atoms in total. The molecule has 378 valence electrons. The molecule has 0 saturated carbocycles. The molecule has 0 radical (unpaired) electrons. The van der Waals surface area contributed by atoms with Crippen molar-refractivity contribution in [2.45, 2.75) is 264 Å². The van der Waals surface area contributed by atoms with Gasteiger partial charge < -0.3 is 20.3 Å². The second-order valence-electron chi connectivity index (χ2n) is 18.3. The predicted octanol–water partition coefficient (Wildman–Crippen LogP) is 16.9. The standard InChI is InChI=1S/C60H103NO5/c1-4-7-10-13-16-19-22-25-27-28-29-30-32-35-38-41-44-47-50-53-60(65)66-56(51-48-45-42-39-36-34-31-26-23-20-17-14-11-8-5-2)54-59(64)61-57(55-62)58(63)52-49-46-43-40-37-33-24-21-18-15-12-9-6-3/h8,11,16-17,19-20,25-27,29-31,36,39,45,48,56-58,62-63H,4-7,9-10,12-15,18,21-24,28,32-35,37-38,40-44,46-47,49-55H2,1-3H3,(H,61,64)/b11-8-,19-16-,20-17-,27-25-,30-29-,31-26-,39-36-,48-45-. The first-order valence-corrected chi connectivity index (χ1v) is 27.5. The monoisotopic (exact) mass is 918 g/mol. The lowest BCUT2D eigenvalue weighted by atomic mass is 10.0. The molecule has 0 aromatic rings. The molecule has 1 amide bonds. The molecule has 0 aliphatic heterocycles. The maximum Gasteiger partial charge on any atom is 0.306 e. The minimum absolute atomic E-state index is 0.0106. The predicted molar refractivity (Wildman–Crippen MR) is 287 cm³/mol. The fourth-order valence-corrected chi connectivity index (χ4v) is 7.75. The maximum absolute atomic E-state index is 13.2. The highest BCUT2D eigenvalue weighted by Gasteiger charge is 2.23. The van der Waals surface area contributed by atoms with Crippen LogP contribution in [-0.2, 0) is 14.3 Å². The van der Waals surface area contributed by atoms with Gasteiger partial charge in [-0.1, -0.05) is 240 Å². The summed E-state index contributed by atoms with van der Waals surface area (Å²) < 4.78 is 5.88. The van der Waals surface area contributed by atoms with Gasteiger partial charge in [-0.2, -0.15) is 0 Å². The molecule has 0 saturated heterocycles. The van der Waals surface area contributed by atoms with Crippen LogP contribution in [-0.4, -0.2) is 46.9 Å². The van der Waals surface area contributed by atoms with E-state index in [1.165, 1.54) is 103 Å². The van der Waals surface area contributed by atoms with Gasteiger partial charge in [0.25, 0.3) is 0 Å². The number of rotatable bonds is 48. The molecule has 0 spiro atoms. The minimum Gasteiger partial charge on any atom is -0.461 e. The lowest BCUT2D eigenvalue weighted by Crippen LogP contribution is -2.46. The Morgan fingerprint density at radius 3 is 1.32 bits per heavy atom. The topological polar surface area (TPSA) is 95.9 Å². The van der Waals surface area contributed by atoms with Crippen molar-refractivity contribution in [2.75, 3.05) is 6.61 Å². The Morgan fingerprint density at radius 2 is 0.848 bits per heavy atom. The van der Waals surface area contributed by atoms with Crippen molar-refractivity contribution in [3.05, 3.63) is 97.2 Å². The van der Waals surface area contributed by atoms with Crippen molar-refractivity contribution in [1.29, 1.82) is 0 Å². The molecule has 3 atom stereocenters. The number of allylic oxidation sites excluding steroid dienone is 15. The highest BCUT2D eigenvalue weighted by atomic mass is 16.5. The Hall–Kier alpha value is -3.22. The lowest BCUT2D eigenvalue weighted by Gasteiger charge is -2.24. The average Bonchev–Trinajstić information content (AvgIpc) is 3.31. The van der Waals surface area contributed by atoms with E-state index in [4.69, 9.17) is 4.74 Å². The molecule has 3 unspecified atom stereocenters. The molecular formula is C60H103NO5. The van der Waals surface area contributed by atoms with E-state index in [1.807, 2.05) is 12.2 Å². The van der Waals surface area contributed by atoms with Crippen molar-refractivity contribution in [2.24, 2.45) is 0 Å². The zero-order valence-corrected chi connectivity index (χ0v) is 43.0. The SMILES string of the molecule is CC/C=C\C/C=C\C/C=C\C/C=C\C/C=C\CC(CC(=O)NC(CO)C(O)CCCCCCCCCCCCCCC)OC(=O)CCCCCCCC/C=C\C/C=C\C/C=C\CCCCC. The largest absolute Gasteiger partial charge is 0.461 e. The van der Waals surface area contributed by atoms with Crippen molar-refractivity contribution in [1.82, 2.24) is 5.32 Å². The number of hydrogen-bond donors (Lipinski definition) is 3. The van der Waals surface area contributed by atoms with Gasteiger partial charge in [-0.05, 0) is 83.5 Å². The van der Waals surface area contributed by atoms with E-state index in [2.05, 4.69) is 111 Å². The van der Waals surface area contributed by atoms with Crippen LogP contribution in [0, 0.1) is 0 Å². The van der Waals surface area contributed by atoms with Crippen LogP contribution in [0.5, 0.6) is 0 Å². The summed E-state index contributed by atoms with van der Waals surface area (Å²) in [5.41, 5.74) is 0. The molecule has 0 bridgehead atoms. The van der Waals surface area contributed by atoms with Crippen LogP contribution < -0.4 is 5.32 Å². The molecule has 0 aromatic carbocycles. The van der Waals surface area contributed by atoms with Gasteiger partial charge in [-0.25, -0.2) is 0 Å². The van der Waals surface area contributed by atoms with E-state index in [0.29, 0.717) is 19.3 Å². The second kappa shape index (κ2) is 52.7. The molecule has 0 fully saturated rings. The number of nitrogens with one attached hydrogen (secondary N) is 1. The maximum atomic E-state index is 13.2. The van der Waals surface area contributed by atoms with Crippen molar-refractivity contribution in [3.8, 4) is 0 Å². The van der Waals surface area contributed by atoms with Gasteiger partial charge in [-0.15, -0.1) is 0 Å². The number of aliphatic hydroxyl groups excluding tert-OH is 2. The second-order valence-corrected chi connectivity index (χ2v) is 18.3. The summed E-state index contributed by atoms with van der Waals surface area (Å²) >= 11 is 0. The summed E-state index contributed by atoms with van der Waals surface area (Å²) in [7, 11) is 0. The first kappa shape index (κ1) is 62.8. The molecule has 3 N–H and O–H groups in total. The van der Waals surface area contributed by atoms with Crippen LogP contribution in [0.3, 0.4) is 0 Å². The van der Waals surface area contributed by atoms with Crippen molar-refractivity contribution in [3.63, 3.8) is 0 Å². The Balaban J connectivity index is 4.72. The van der Waals surface area contributed by atoms with Crippen LogP contribution in [0.25, 0.3) is 0 Å². The molecule has 0 heterocycles. The number of ether oxygens (including phenoxy) is 1. The lowest BCUT2D eigenvalue weighted by molar-refractivity contribution is -0.150. The number of amides is 1.